The Kier molecular flexibility index (Phi) is 5.37. The molecule has 0 spiro atoms. The predicted molar refractivity (Wildman–Crippen MR) is 110 cm³/mol. The highest BCUT2D eigenvalue weighted by Gasteiger charge is 2.18. The lowest BCUT2D eigenvalue weighted by molar-refractivity contribution is -0.123. The lowest BCUT2D eigenvalue weighted by Crippen LogP contribution is -2.31. The molecule has 0 saturated carbocycles. The molecule has 0 aliphatic heterocycles. The Labute approximate surface area is 171 Å². The van der Waals surface area contributed by atoms with Crippen molar-refractivity contribution in [2.75, 3.05) is 10.6 Å². The van der Waals surface area contributed by atoms with E-state index in [9.17, 15) is 9.59 Å². The second-order valence-electron chi connectivity index (χ2n) is 6.52. The number of aromatic nitrogens is 5. The highest BCUT2D eigenvalue weighted by atomic mass is 16.6. The summed E-state index contributed by atoms with van der Waals surface area (Å²) in [7, 11) is 0. The van der Waals surface area contributed by atoms with Crippen LogP contribution in [0, 0.1) is 0 Å². The van der Waals surface area contributed by atoms with Crippen molar-refractivity contribution in [2.45, 2.75) is 19.7 Å². The minimum atomic E-state index is -0.990. The molecule has 10 nitrogen and oxygen atoms in total. The van der Waals surface area contributed by atoms with E-state index in [2.05, 4.69) is 26.0 Å². The highest BCUT2D eigenvalue weighted by Crippen LogP contribution is 2.12. The van der Waals surface area contributed by atoms with E-state index in [-0.39, 0.29) is 0 Å². The van der Waals surface area contributed by atoms with Gasteiger partial charge in [-0.3, -0.25) is 10.1 Å². The molecule has 152 valence electrons. The largest absolute Gasteiger partial charge is 0.436 e. The topological polar surface area (TPSA) is 116 Å². The minimum absolute atomic E-state index is 0.335. The van der Waals surface area contributed by atoms with Gasteiger partial charge >= 0.3 is 6.09 Å². The van der Waals surface area contributed by atoms with E-state index in [0.29, 0.717) is 18.0 Å². The monoisotopic (exact) mass is 405 g/mol. The maximum Gasteiger partial charge on any atom is 0.412 e. The van der Waals surface area contributed by atoms with E-state index in [4.69, 9.17) is 4.74 Å². The third kappa shape index (κ3) is 4.43. The lowest BCUT2D eigenvalue weighted by Gasteiger charge is -2.13. The molecule has 0 radical (unpaired) electrons. The number of rotatable bonds is 6. The molecule has 0 aliphatic rings. The summed E-state index contributed by atoms with van der Waals surface area (Å²) in [5, 5.41) is 17.7. The molecule has 2 aromatic carbocycles. The zero-order valence-corrected chi connectivity index (χ0v) is 16.1. The average molecular weight is 405 g/mol. The molecule has 2 amide bonds. The predicted octanol–water partition coefficient (Wildman–Crippen LogP) is 2.71. The van der Waals surface area contributed by atoms with Gasteiger partial charge in [-0.15, -0.1) is 5.10 Å². The number of carbonyl (C=O) groups is 2. The van der Waals surface area contributed by atoms with Gasteiger partial charge in [-0.25, -0.2) is 14.2 Å². The molecule has 0 fully saturated rings. The van der Waals surface area contributed by atoms with Crippen LogP contribution in [0.15, 0.2) is 67.0 Å². The van der Waals surface area contributed by atoms with Gasteiger partial charge in [0.1, 0.15) is 12.2 Å². The number of hydrogen-bond acceptors (Lipinski definition) is 6. The molecule has 30 heavy (non-hydrogen) atoms. The van der Waals surface area contributed by atoms with Crippen LogP contribution in [0.4, 0.5) is 16.2 Å². The molecule has 0 aliphatic carbocycles. The van der Waals surface area contributed by atoms with Crippen LogP contribution < -0.4 is 10.6 Å². The molecule has 4 rings (SSSR count). The first kappa shape index (κ1) is 19.1. The molecule has 0 unspecified atom stereocenters. The molecule has 0 bridgehead atoms. The van der Waals surface area contributed by atoms with Gasteiger partial charge in [0.2, 0.25) is 0 Å². The number of amides is 2. The van der Waals surface area contributed by atoms with Crippen LogP contribution in [0.25, 0.3) is 11.0 Å². The van der Waals surface area contributed by atoms with Crippen LogP contribution >= 0.6 is 0 Å². The SMILES string of the molecule is C[C@H](OC(=O)Nc1ccccc1)C(=O)Nc1cnn(Cn2nnc3ccccc32)c1. The van der Waals surface area contributed by atoms with Crippen molar-refractivity contribution in [1.29, 1.82) is 0 Å². The Morgan fingerprint density at radius 3 is 2.63 bits per heavy atom. The van der Waals surface area contributed by atoms with Crippen molar-refractivity contribution in [1.82, 2.24) is 24.8 Å². The number of nitrogens with zero attached hydrogens (tertiary/aromatic N) is 5. The van der Waals surface area contributed by atoms with Gasteiger partial charge in [-0.05, 0) is 31.2 Å². The summed E-state index contributed by atoms with van der Waals surface area (Å²) in [6.07, 6.45) is 1.47. The standard InChI is InChI=1S/C20H19N7O3/c1-14(30-20(29)23-15-7-3-2-4-8-15)19(28)22-16-11-21-26(12-16)13-27-18-10-6-5-9-17(18)24-25-27/h2-12,14H,13H2,1H3,(H,22,28)(H,23,29)/t14-/m0/s1. The van der Waals surface area contributed by atoms with Gasteiger partial charge in [0, 0.05) is 5.69 Å². The molecular weight excluding hydrogens is 386 g/mol. The number of anilines is 2. The van der Waals surface area contributed by atoms with Crippen molar-refractivity contribution in [3.8, 4) is 0 Å². The summed E-state index contributed by atoms with van der Waals surface area (Å²) in [5.74, 6) is -0.469. The van der Waals surface area contributed by atoms with Crippen molar-refractivity contribution in [3.63, 3.8) is 0 Å². The molecule has 2 aromatic heterocycles. The highest BCUT2D eigenvalue weighted by molar-refractivity contribution is 5.95. The molecule has 0 saturated heterocycles. The van der Waals surface area contributed by atoms with Crippen molar-refractivity contribution < 1.29 is 14.3 Å². The maximum absolute atomic E-state index is 12.3. The van der Waals surface area contributed by atoms with Gasteiger partial charge in [0.05, 0.1) is 23.6 Å². The third-order valence-corrected chi connectivity index (χ3v) is 4.27. The van der Waals surface area contributed by atoms with Crippen LogP contribution in [-0.2, 0) is 16.2 Å². The Bertz CT molecular complexity index is 1170. The molecule has 2 N–H and O–H groups in total. The molecular formula is C20H19N7O3. The minimum Gasteiger partial charge on any atom is -0.436 e. The van der Waals surface area contributed by atoms with Crippen LogP contribution in [0.2, 0.25) is 0 Å². The van der Waals surface area contributed by atoms with E-state index in [1.165, 1.54) is 13.1 Å². The van der Waals surface area contributed by atoms with Crippen molar-refractivity contribution in [2.24, 2.45) is 0 Å². The lowest BCUT2D eigenvalue weighted by atomic mass is 10.3. The Morgan fingerprint density at radius 1 is 1.03 bits per heavy atom. The quantitative estimate of drug-likeness (QED) is 0.510. The van der Waals surface area contributed by atoms with Gasteiger partial charge in [-0.1, -0.05) is 35.5 Å². The number of nitrogens with one attached hydrogen (secondary N) is 2. The Morgan fingerprint density at radius 2 is 1.80 bits per heavy atom. The first-order valence-electron chi connectivity index (χ1n) is 9.23. The summed E-state index contributed by atoms with van der Waals surface area (Å²) in [4.78, 5) is 24.2. The van der Waals surface area contributed by atoms with E-state index in [0.717, 1.165) is 11.0 Å². The fraction of sp³-hybridized carbons (Fsp3) is 0.150. The number of fused-ring (bicyclic) bond motifs is 1. The van der Waals surface area contributed by atoms with Crippen LogP contribution in [0.1, 0.15) is 6.92 Å². The van der Waals surface area contributed by atoms with E-state index in [1.807, 2.05) is 30.3 Å². The summed E-state index contributed by atoms with van der Waals surface area (Å²) in [5.41, 5.74) is 2.73. The Hall–Kier alpha value is -4.21. The third-order valence-electron chi connectivity index (χ3n) is 4.27. The number of carbonyl (C=O) groups excluding carboxylic acids is 2. The second kappa shape index (κ2) is 8.43. The van der Waals surface area contributed by atoms with Gasteiger partial charge in [-0.2, -0.15) is 5.10 Å². The Balaban J connectivity index is 1.32. The van der Waals surface area contributed by atoms with Crippen molar-refractivity contribution in [3.05, 3.63) is 67.0 Å². The normalized spacial score (nSPS) is 11.8. The van der Waals surface area contributed by atoms with E-state index in [1.54, 1.807) is 39.8 Å². The van der Waals surface area contributed by atoms with Gasteiger partial charge < -0.3 is 10.1 Å². The second-order valence-corrected chi connectivity index (χ2v) is 6.52. The number of para-hydroxylation sites is 2. The molecule has 10 heteroatoms. The van der Waals surface area contributed by atoms with E-state index < -0.39 is 18.1 Å². The number of ether oxygens (including phenoxy) is 1. The van der Waals surface area contributed by atoms with Gasteiger partial charge in [0.25, 0.3) is 5.91 Å². The fourth-order valence-corrected chi connectivity index (χ4v) is 2.79. The first-order chi connectivity index (χ1) is 14.6. The molecule has 4 aromatic rings. The molecule has 1 atom stereocenters. The summed E-state index contributed by atoms with van der Waals surface area (Å²) in [6, 6.07) is 16.4. The zero-order valence-electron chi connectivity index (χ0n) is 16.1. The summed E-state index contributed by atoms with van der Waals surface area (Å²) >= 11 is 0. The average Bonchev–Trinajstić information content (AvgIpc) is 3.36. The van der Waals surface area contributed by atoms with E-state index >= 15 is 0 Å². The van der Waals surface area contributed by atoms with Gasteiger partial charge in [0.15, 0.2) is 6.10 Å². The van der Waals surface area contributed by atoms with Crippen LogP contribution in [0.5, 0.6) is 0 Å². The zero-order chi connectivity index (χ0) is 20.9. The smallest absolute Gasteiger partial charge is 0.412 e. The fourth-order valence-electron chi connectivity index (χ4n) is 2.79. The van der Waals surface area contributed by atoms with Crippen molar-refractivity contribution >= 4 is 34.4 Å². The molecule has 2 heterocycles. The van der Waals surface area contributed by atoms with Crippen LogP contribution in [0.3, 0.4) is 0 Å². The summed E-state index contributed by atoms with van der Waals surface area (Å²) < 4.78 is 8.43. The first-order valence-corrected chi connectivity index (χ1v) is 9.23. The maximum atomic E-state index is 12.3. The number of benzene rings is 2. The van der Waals surface area contributed by atoms with Crippen LogP contribution in [-0.4, -0.2) is 42.9 Å². The number of hydrogen-bond donors (Lipinski definition) is 2. The summed E-state index contributed by atoms with van der Waals surface area (Å²) in [6.45, 7) is 1.83.